The lowest BCUT2D eigenvalue weighted by Crippen LogP contribution is -2.29. The molecule has 0 saturated heterocycles. The molecule has 0 heterocycles. The fourth-order valence-electron chi connectivity index (χ4n) is 2.22. The predicted molar refractivity (Wildman–Crippen MR) is 103 cm³/mol. The molecule has 0 fully saturated rings. The summed E-state index contributed by atoms with van der Waals surface area (Å²) < 4.78 is 15.4. The Kier molecular flexibility index (Phi) is 7.83. The van der Waals surface area contributed by atoms with Crippen molar-refractivity contribution in [3.05, 3.63) is 58.6 Å². The maximum Gasteiger partial charge on any atom is 0.344 e. The van der Waals surface area contributed by atoms with E-state index in [2.05, 4.69) is 5.32 Å². The van der Waals surface area contributed by atoms with Gasteiger partial charge in [-0.1, -0.05) is 29.8 Å². The number of methoxy groups -OCH3 is 1. The van der Waals surface area contributed by atoms with E-state index in [1.54, 1.807) is 24.3 Å². The van der Waals surface area contributed by atoms with Gasteiger partial charge in [-0.2, -0.15) is 0 Å². The van der Waals surface area contributed by atoms with Gasteiger partial charge >= 0.3 is 5.97 Å². The van der Waals surface area contributed by atoms with E-state index in [1.807, 2.05) is 6.07 Å². The topological polar surface area (TPSA) is 90.9 Å². The number of halogens is 1. The summed E-state index contributed by atoms with van der Waals surface area (Å²) in [5.41, 5.74) is 1.22. The largest absolute Gasteiger partial charge is 0.493 e. The standard InChI is InChI=1S/C20H20ClNO6/c1-13(23)14-7-8-17(18(9-14)26-2)27-12-20(25)28-11-19(24)22-10-15-5-3-4-6-16(15)21/h3-9H,10-12H2,1-2H3,(H,22,24). The number of hydrogen-bond donors (Lipinski definition) is 1. The first-order valence-electron chi connectivity index (χ1n) is 8.38. The second-order valence-electron chi connectivity index (χ2n) is 5.74. The number of Topliss-reactive ketones (excluding diaryl/α,β-unsaturated/α-hetero) is 1. The Labute approximate surface area is 167 Å². The molecule has 0 aromatic heterocycles. The highest BCUT2D eigenvalue weighted by Gasteiger charge is 2.12. The summed E-state index contributed by atoms with van der Waals surface area (Å²) in [4.78, 5) is 35.0. The van der Waals surface area contributed by atoms with Gasteiger partial charge in [-0.3, -0.25) is 9.59 Å². The van der Waals surface area contributed by atoms with Crippen LogP contribution in [0.5, 0.6) is 11.5 Å². The van der Waals surface area contributed by atoms with E-state index < -0.39 is 25.1 Å². The maximum absolute atomic E-state index is 11.8. The Hall–Kier alpha value is -3.06. The van der Waals surface area contributed by atoms with Crippen molar-refractivity contribution >= 4 is 29.3 Å². The molecule has 148 valence electrons. The number of ether oxygens (including phenoxy) is 3. The quantitative estimate of drug-likeness (QED) is 0.509. The molecule has 0 aliphatic carbocycles. The summed E-state index contributed by atoms with van der Waals surface area (Å²) in [5, 5.41) is 3.15. The van der Waals surface area contributed by atoms with Gasteiger partial charge in [-0.25, -0.2) is 4.79 Å². The van der Waals surface area contributed by atoms with Crippen LogP contribution < -0.4 is 14.8 Å². The zero-order valence-electron chi connectivity index (χ0n) is 15.5. The van der Waals surface area contributed by atoms with E-state index in [-0.39, 0.29) is 18.1 Å². The number of rotatable bonds is 9. The Morgan fingerprint density at radius 1 is 1.04 bits per heavy atom. The molecule has 0 bridgehead atoms. The molecule has 2 aromatic rings. The summed E-state index contributed by atoms with van der Waals surface area (Å²) in [6, 6.07) is 11.7. The third-order valence-electron chi connectivity index (χ3n) is 3.71. The van der Waals surface area contributed by atoms with Crippen molar-refractivity contribution in [2.75, 3.05) is 20.3 Å². The fraction of sp³-hybridized carbons (Fsp3) is 0.250. The number of nitrogens with one attached hydrogen (secondary N) is 1. The summed E-state index contributed by atoms with van der Waals surface area (Å²) in [7, 11) is 1.42. The lowest BCUT2D eigenvalue weighted by Gasteiger charge is -2.11. The molecular weight excluding hydrogens is 386 g/mol. The van der Waals surface area contributed by atoms with Gasteiger partial charge in [-0.15, -0.1) is 0 Å². The van der Waals surface area contributed by atoms with Gasteiger partial charge in [0.25, 0.3) is 5.91 Å². The number of amides is 1. The number of benzene rings is 2. The SMILES string of the molecule is COc1cc(C(C)=O)ccc1OCC(=O)OCC(=O)NCc1ccccc1Cl. The zero-order chi connectivity index (χ0) is 20.5. The van der Waals surface area contributed by atoms with Gasteiger partial charge in [0.1, 0.15) is 0 Å². The Morgan fingerprint density at radius 2 is 1.79 bits per heavy atom. The monoisotopic (exact) mass is 405 g/mol. The number of hydrogen-bond acceptors (Lipinski definition) is 6. The van der Waals surface area contributed by atoms with Crippen LogP contribution in [0.2, 0.25) is 5.02 Å². The summed E-state index contributed by atoms with van der Waals surface area (Å²) in [5.74, 6) is -0.695. The smallest absolute Gasteiger partial charge is 0.344 e. The van der Waals surface area contributed by atoms with E-state index in [9.17, 15) is 14.4 Å². The highest BCUT2D eigenvalue weighted by Crippen LogP contribution is 2.28. The van der Waals surface area contributed by atoms with Gasteiger partial charge in [0.05, 0.1) is 7.11 Å². The minimum Gasteiger partial charge on any atom is -0.493 e. The average Bonchev–Trinajstić information content (AvgIpc) is 2.69. The second kappa shape index (κ2) is 10.3. The molecule has 0 radical (unpaired) electrons. The molecule has 0 unspecified atom stereocenters. The third-order valence-corrected chi connectivity index (χ3v) is 4.08. The lowest BCUT2D eigenvalue weighted by molar-refractivity contribution is -0.150. The first kappa shape index (κ1) is 21.2. The maximum atomic E-state index is 11.8. The summed E-state index contributed by atoms with van der Waals surface area (Å²) in [6.07, 6.45) is 0. The fourth-order valence-corrected chi connectivity index (χ4v) is 2.42. The Balaban J connectivity index is 1.77. The minimum absolute atomic E-state index is 0.118. The molecule has 1 amide bonds. The summed E-state index contributed by atoms with van der Waals surface area (Å²) >= 11 is 6.00. The van der Waals surface area contributed by atoms with Crippen molar-refractivity contribution in [2.45, 2.75) is 13.5 Å². The van der Waals surface area contributed by atoms with Crippen molar-refractivity contribution in [2.24, 2.45) is 0 Å². The van der Waals surface area contributed by atoms with Gasteiger partial charge in [0.15, 0.2) is 30.5 Å². The molecule has 1 N–H and O–H groups in total. The van der Waals surface area contributed by atoms with E-state index in [0.717, 1.165) is 5.56 Å². The molecule has 0 aliphatic rings. The van der Waals surface area contributed by atoms with Crippen LogP contribution in [0.15, 0.2) is 42.5 Å². The minimum atomic E-state index is -0.717. The number of ketones is 1. The van der Waals surface area contributed by atoms with Gasteiger partial charge in [0.2, 0.25) is 0 Å². The van der Waals surface area contributed by atoms with Crippen molar-refractivity contribution in [1.29, 1.82) is 0 Å². The normalized spacial score (nSPS) is 10.1. The highest BCUT2D eigenvalue weighted by molar-refractivity contribution is 6.31. The molecule has 0 spiro atoms. The lowest BCUT2D eigenvalue weighted by atomic mass is 10.1. The average molecular weight is 406 g/mol. The highest BCUT2D eigenvalue weighted by atomic mass is 35.5. The predicted octanol–water partition coefficient (Wildman–Crippen LogP) is 2.79. The molecule has 0 saturated carbocycles. The van der Waals surface area contributed by atoms with Crippen LogP contribution in [-0.2, 0) is 20.9 Å². The van der Waals surface area contributed by atoms with Crippen molar-refractivity contribution < 1.29 is 28.6 Å². The molecule has 2 rings (SSSR count). The first-order chi connectivity index (χ1) is 13.4. The van der Waals surface area contributed by atoms with E-state index in [1.165, 1.54) is 26.2 Å². The molecular formula is C20H20ClNO6. The van der Waals surface area contributed by atoms with Crippen LogP contribution in [0.1, 0.15) is 22.8 Å². The molecule has 0 atom stereocenters. The number of esters is 1. The van der Waals surface area contributed by atoms with Crippen LogP contribution in [0, 0.1) is 0 Å². The van der Waals surface area contributed by atoms with Gasteiger partial charge in [0, 0.05) is 17.1 Å². The first-order valence-corrected chi connectivity index (χ1v) is 8.76. The van der Waals surface area contributed by atoms with Crippen molar-refractivity contribution in [1.82, 2.24) is 5.32 Å². The Bertz CT molecular complexity index is 868. The molecule has 0 aliphatic heterocycles. The van der Waals surface area contributed by atoms with Crippen molar-refractivity contribution in [3.8, 4) is 11.5 Å². The van der Waals surface area contributed by atoms with Crippen molar-refractivity contribution in [3.63, 3.8) is 0 Å². The molecule has 2 aromatic carbocycles. The van der Waals surface area contributed by atoms with Crippen LogP contribution in [-0.4, -0.2) is 38.0 Å². The van der Waals surface area contributed by atoms with Gasteiger partial charge in [-0.05, 0) is 36.8 Å². The number of carbonyl (C=O) groups excluding carboxylic acids is 3. The Morgan fingerprint density at radius 3 is 2.46 bits per heavy atom. The van der Waals surface area contributed by atoms with Crippen LogP contribution >= 0.6 is 11.6 Å². The second-order valence-corrected chi connectivity index (χ2v) is 6.15. The zero-order valence-corrected chi connectivity index (χ0v) is 16.2. The summed E-state index contributed by atoms with van der Waals surface area (Å²) in [6.45, 7) is 0.816. The van der Waals surface area contributed by atoms with Crippen LogP contribution in [0.4, 0.5) is 0 Å². The molecule has 8 heteroatoms. The third kappa shape index (κ3) is 6.28. The molecule has 28 heavy (non-hydrogen) atoms. The molecule has 7 nitrogen and oxygen atoms in total. The van der Waals surface area contributed by atoms with Gasteiger partial charge < -0.3 is 19.5 Å². The van der Waals surface area contributed by atoms with E-state index in [4.69, 9.17) is 25.8 Å². The number of carbonyl (C=O) groups is 3. The van der Waals surface area contributed by atoms with Crippen LogP contribution in [0.3, 0.4) is 0 Å². The van der Waals surface area contributed by atoms with E-state index in [0.29, 0.717) is 16.3 Å². The van der Waals surface area contributed by atoms with Crippen LogP contribution in [0.25, 0.3) is 0 Å². The van der Waals surface area contributed by atoms with E-state index >= 15 is 0 Å².